The van der Waals surface area contributed by atoms with Gasteiger partial charge in [0.1, 0.15) is 12.1 Å². The number of aliphatic hydroxyl groups is 1. The second-order valence-corrected chi connectivity index (χ2v) is 14.1. The molecule has 3 amide bonds. The number of nitrogens with two attached hydrogens (primary N) is 1. The number of likely N-dealkylation sites (tertiary alicyclic amines) is 1. The Hall–Kier alpha value is -4.38. The van der Waals surface area contributed by atoms with E-state index in [1.165, 1.54) is 4.90 Å². The number of carbonyl (C=O) groups is 3. The van der Waals surface area contributed by atoms with Gasteiger partial charge < -0.3 is 26.4 Å². The van der Waals surface area contributed by atoms with Crippen LogP contribution in [0.2, 0.25) is 0 Å². The minimum Gasteiger partial charge on any atom is -0.391 e. The summed E-state index contributed by atoms with van der Waals surface area (Å²) in [6.45, 7) is 8.39. The lowest BCUT2D eigenvalue weighted by molar-refractivity contribution is -0.144. The molecular weight excluding hydrogens is 611 g/mol. The Bertz CT molecular complexity index is 1690. The highest BCUT2D eigenvalue weighted by atomic mass is 32.1. The van der Waals surface area contributed by atoms with E-state index in [4.69, 9.17) is 5.73 Å². The summed E-state index contributed by atoms with van der Waals surface area (Å²) in [5.74, 6) is -1.02. The topological polar surface area (TPSA) is 138 Å². The number of rotatable bonds is 10. The van der Waals surface area contributed by atoms with Gasteiger partial charge >= 0.3 is 0 Å². The van der Waals surface area contributed by atoms with Crippen LogP contribution in [0.15, 0.2) is 78.3 Å². The molecular formula is C37H43N5O4S. The van der Waals surface area contributed by atoms with Crippen molar-refractivity contribution >= 4 is 29.1 Å². The summed E-state index contributed by atoms with van der Waals surface area (Å²) in [6, 6.07) is 22.0. The zero-order valence-corrected chi connectivity index (χ0v) is 28.1. The Balaban J connectivity index is 1.21. The van der Waals surface area contributed by atoms with Gasteiger partial charge in [-0.05, 0) is 45.7 Å². The first-order valence-corrected chi connectivity index (χ1v) is 16.7. The van der Waals surface area contributed by atoms with Crippen LogP contribution in [-0.4, -0.2) is 57.4 Å². The van der Waals surface area contributed by atoms with Crippen LogP contribution in [0.3, 0.4) is 0 Å². The van der Waals surface area contributed by atoms with Crippen molar-refractivity contribution in [3.05, 3.63) is 101 Å². The second kappa shape index (κ2) is 14.6. The number of hydrogen-bond donors (Lipinski definition) is 4. The molecule has 0 saturated carbocycles. The lowest BCUT2D eigenvalue weighted by Gasteiger charge is -2.35. The molecule has 0 radical (unpaired) electrons. The first-order valence-electron chi connectivity index (χ1n) is 15.9. The van der Waals surface area contributed by atoms with E-state index in [2.05, 4.69) is 15.6 Å². The van der Waals surface area contributed by atoms with Crippen LogP contribution in [0.25, 0.3) is 21.6 Å². The van der Waals surface area contributed by atoms with Gasteiger partial charge in [0.25, 0.3) is 0 Å². The van der Waals surface area contributed by atoms with Crippen molar-refractivity contribution in [1.29, 1.82) is 0 Å². The van der Waals surface area contributed by atoms with Gasteiger partial charge in [-0.3, -0.25) is 14.4 Å². The van der Waals surface area contributed by atoms with Crippen LogP contribution in [0.1, 0.15) is 49.6 Å². The van der Waals surface area contributed by atoms with E-state index >= 15 is 0 Å². The number of aromatic nitrogens is 1. The number of carbonyl (C=O) groups excluding carboxylic acids is 3. The maximum atomic E-state index is 13.9. The number of aliphatic hydroxyl groups excluding tert-OH is 1. The van der Waals surface area contributed by atoms with Crippen molar-refractivity contribution in [2.45, 2.75) is 71.8 Å². The van der Waals surface area contributed by atoms with Crippen molar-refractivity contribution in [2.24, 2.45) is 11.1 Å². The number of benzene rings is 3. The van der Waals surface area contributed by atoms with E-state index in [0.29, 0.717) is 6.54 Å². The standard InChI is InChI=1S/C37H43N5O4S/c1-23-33(47-22-40-23)29-15-9-26(10-16-29)20-39-35(45)31-18-30(43)21-42(31)36(46)34(37(2,3)4)41-32(44)17-24-5-11-27(12-6-24)28-13-7-25(19-38)8-14-28/h5-16,22,30-31,34,43H,17-21,38H2,1-4H3,(H,39,45)(H,41,44)/t30-,31+,34-/m1/s1. The van der Waals surface area contributed by atoms with E-state index in [-0.39, 0.29) is 43.7 Å². The highest BCUT2D eigenvalue weighted by molar-refractivity contribution is 7.13. The Morgan fingerprint density at radius 2 is 1.51 bits per heavy atom. The molecule has 1 aromatic heterocycles. The normalized spacial score (nSPS) is 16.9. The van der Waals surface area contributed by atoms with Crippen molar-refractivity contribution in [2.75, 3.05) is 6.54 Å². The predicted molar refractivity (Wildman–Crippen MR) is 185 cm³/mol. The van der Waals surface area contributed by atoms with Gasteiger partial charge in [-0.2, -0.15) is 0 Å². The number of amides is 3. The SMILES string of the molecule is Cc1ncsc1-c1ccc(CNC(=O)[C@@H]2C[C@@H](O)CN2C(=O)[C@@H](NC(=O)Cc2ccc(-c3ccc(CN)cc3)cc2)C(C)(C)C)cc1. The average Bonchev–Trinajstić information content (AvgIpc) is 3.67. The number of nitrogens with zero attached hydrogens (tertiary/aromatic N) is 2. The van der Waals surface area contributed by atoms with Crippen molar-refractivity contribution in [3.63, 3.8) is 0 Å². The van der Waals surface area contributed by atoms with Gasteiger partial charge in [-0.25, -0.2) is 4.98 Å². The fourth-order valence-corrected chi connectivity index (χ4v) is 6.64. The monoisotopic (exact) mass is 653 g/mol. The number of β-amino-alcohol motifs (C(OH)–C–C–N with tert-alkyl or cyclic N) is 1. The van der Waals surface area contributed by atoms with Gasteiger partial charge in [0.05, 0.1) is 28.6 Å². The summed E-state index contributed by atoms with van der Waals surface area (Å²) in [5, 5.41) is 16.4. The summed E-state index contributed by atoms with van der Waals surface area (Å²) in [7, 11) is 0. The van der Waals surface area contributed by atoms with E-state index in [1.807, 2.05) is 106 Å². The third-order valence-electron chi connectivity index (χ3n) is 8.55. The molecule has 1 aliphatic heterocycles. The van der Waals surface area contributed by atoms with Crippen molar-refractivity contribution in [1.82, 2.24) is 20.5 Å². The first kappa shape index (κ1) is 34.0. The third-order valence-corrected chi connectivity index (χ3v) is 9.53. The molecule has 5 rings (SSSR count). The zero-order valence-electron chi connectivity index (χ0n) is 27.3. The van der Waals surface area contributed by atoms with Crippen LogP contribution in [-0.2, 0) is 33.9 Å². The molecule has 1 saturated heterocycles. The molecule has 2 heterocycles. The molecule has 1 aliphatic rings. The number of aryl methyl sites for hydroxylation is 1. The fraction of sp³-hybridized carbons (Fsp3) is 0.351. The summed E-state index contributed by atoms with van der Waals surface area (Å²) in [6.07, 6.45) is -0.606. The highest BCUT2D eigenvalue weighted by Gasteiger charge is 2.44. The first-order chi connectivity index (χ1) is 22.4. The lowest BCUT2D eigenvalue weighted by atomic mass is 9.85. The zero-order chi connectivity index (χ0) is 33.7. The smallest absolute Gasteiger partial charge is 0.246 e. The van der Waals surface area contributed by atoms with Crippen LogP contribution in [0.5, 0.6) is 0 Å². The summed E-state index contributed by atoms with van der Waals surface area (Å²) in [5.41, 5.74) is 13.8. The molecule has 0 spiro atoms. The molecule has 9 nitrogen and oxygen atoms in total. The largest absolute Gasteiger partial charge is 0.391 e. The Morgan fingerprint density at radius 1 is 0.936 bits per heavy atom. The maximum Gasteiger partial charge on any atom is 0.246 e. The molecule has 3 atom stereocenters. The number of hydrogen-bond acceptors (Lipinski definition) is 7. The van der Waals surface area contributed by atoms with Crippen molar-refractivity contribution < 1.29 is 19.5 Å². The molecule has 0 unspecified atom stereocenters. The lowest BCUT2D eigenvalue weighted by Crippen LogP contribution is -2.58. The van der Waals surface area contributed by atoms with Gasteiger partial charge in [0, 0.05) is 26.1 Å². The van der Waals surface area contributed by atoms with E-state index in [0.717, 1.165) is 44.0 Å². The highest BCUT2D eigenvalue weighted by Crippen LogP contribution is 2.28. The minimum atomic E-state index is -0.890. The predicted octanol–water partition coefficient (Wildman–Crippen LogP) is 4.60. The maximum absolute atomic E-state index is 13.9. The molecule has 1 fully saturated rings. The van der Waals surface area contributed by atoms with Crippen LogP contribution >= 0.6 is 11.3 Å². The Morgan fingerprint density at radius 3 is 2.06 bits per heavy atom. The molecule has 10 heteroatoms. The van der Waals surface area contributed by atoms with Crippen LogP contribution < -0.4 is 16.4 Å². The summed E-state index contributed by atoms with van der Waals surface area (Å²) in [4.78, 5) is 47.4. The molecule has 4 aromatic rings. The third kappa shape index (κ3) is 8.32. The number of thiazole rings is 1. The molecule has 47 heavy (non-hydrogen) atoms. The molecule has 0 aliphatic carbocycles. The summed E-state index contributed by atoms with van der Waals surface area (Å²) >= 11 is 1.58. The van der Waals surface area contributed by atoms with E-state index in [9.17, 15) is 19.5 Å². The fourth-order valence-electron chi connectivity index (χ4n) is 5.83. The van der Waals surface area contributed by atoms with Gasteiger partial charge in [0.2, 0.25) is 17.7 Å². The molecule has 246 valence electrons. The van der Waals surface area contributed by atoms with Gasteiger partial charge in [-0.1, -0.05) is 93.6 Å². The van der Waals surface area contributed by atoms with Crippen molar-refractivity contribution in [3.8, 4) is 21.6 Å². The molecule has 0 bridgehead atoms. The van der Waals surface area contributed by atoms with E-state index < -0.39 is 23.6 Å². The molecule has 5 N–H and O–H groups in total. The summed E-state index contributed by atoms with van der Waals surface area (Å²) < 4.78 is 0. The quantitative estimate of drug-likeness (QED) is 0.198. The van der Waals surface area contributed by atoms with Gasteiger partial charge in [-0.15, -0.1) is 11.3 Å². The minimum absolute atomic E-state index is 0.0238. The van der Waals surface area contributed by atoms with Crippen LogP contribution in [0.4, 0.5) is 0 Å². The Kier molecular flexibility index (Phi) is 10.5. The average molecular weight is 654 g/mol. The second-order valence-electron chi connectivity index (χ2n) is 13.2. The van der Waals surface area contributed by atoms with E-state index in [1.54, 1.807) is 11.3 Å². The molecule has 3 aromatic carbocycles. The van der Waals surface area contributed by atoms with Gasteiger partial charge in [0.15, 0.2) is 0 Å². The number of nitrogens with one attached hydrogen (secondary N) is 2. The Labute approximate surface area is 280 Å². The van der Waals surface area contributed by atoms with Crippen LogP contribution in [0, 0.1) is 12.3 Å².